The third kappa shape index (κ3) is 3.69. The van der Waals surface area contributed by atoms with Gasteiger partial charge in [0.25, 0.3) is 0 Å². The molecule has 2 aromatic carbocycles. The molecular formula is C17H17NO3. The van der Waals surface area contributed by atoms with Gasteiger partial charge in [0, 0.05) is 11.1 Å². The lowest BCUT2D eigenvalue weighted by Crippen LogP contribution is -2.13. The van der Waals surface area contributed by atoms with Gasteiger partial charge in [-0.2, -0.15) is 0 Å². The fraction of sp³-hybridized carbons (Fsp3) is 0.176. The Morgan fingerprint density at radius 1 is 0.952 bits per heavy atom. The molecule has 4 nitrogen and oxygen atoms in total. The zero-order valence-electron chi connectivity index (χ0n) is 12.1. The number of nitrogens with two attached hydrogens (primary N) is 1. The first-order valence-electron chi connectivity index (χ1n) is 6.60. The normalized spacial score (nSPS) is 10.2. The molecule has 0 aliphatic heterocycles. The van der Waals surface area contributed by atoms with Gasteiger partial charge in [0.15, 0.2) is 12.4 Å². The van der Waals surface area contributed by atoms with Gasteiger partial charge >= 0.3 is 0 Å². The molecule has 0 heterocycles. The van der Waals surface area contributed by atoms with Crippen molar-refractivity contribution in [2.24, 2.45) is 5.73 Å². The van der Waals surface area contributed by atoms with Gasteiger partial charge in [0.05, 0.1) is 0 Å². The second-order valence-corrected chi connectivity index (χ2v) is 4.90. The summed E-state index contributed by atoms with van der Waals surface area (Å²) in [5.41, 5.74) is 8.41. The van der Waals surface area contributed by atoms with E-state index >= 15 is 0 Å². The van der Waals surface area contributed by atoms with E-state index < -0.39 is 5.91 Å². The van der Waals surface area contributed by atoms with Crippen LogP contribution in [0, 0.1) is 13.8 Å². The van der Waals surface area contributed by atoms with Gasteiger partial charge in [-0.3, -0.25) is 9.59 Å². The topological polar surface area (TPSA) is 69.4 Å². The molecule has 0 saturated carbocycles. The molecule has 2 rings (SSSR count). The molecule has 21 heavy (non-hydrogen) atoms. The van der Waals surface area contributed by atoms with Crippen molar-refractivity contribution in [3.8, 4) is 5.75 Å². The Morgan fingerprint density at radius 3 is 2.14 bits per heavy atom. The second kappa shape index (κ2) is 6.22. The summed E-state index contributed by atoms with van der Waals surface area (Å²) in [5, 5.41) is 0. The minimum atomic E-state index is -0.493. The molecule has 2 aromatic rings. The molecule has 4 heteroatoms. The van der Waals surface area contributed by atoms with E-state index in [2.05, 4.69) is 0 Å². The summed E-state index contributed by atoms with van der Waals surface area (Å²) >= 11 is 0. The van der Waals surface area contributed by atoms with Crippen LogP contribution in [0.3, 0.4) is 0 Å². The van der Waals surface area contributed by atoms with Crippen molar-refractivity contribution < 1.29 is 14.3 Å². The molecule has 0 radical (unpaired) electrons. The number of Topliss-reactive ketones (excluding diaryl/α,β-unsaturated/α-hetero) is 1. The van der Waals surface area contributed by atoms with Crippen molar-refractivity contribution in [1.29, 1.82) is 0 Å². The van der Waals surface area contributed by atoms with E-state index in [0.29, 0.717) is 16.9 Å². The van der Waals surface area contributed by atoms with Crippen molar-refractivity contribution >= 4 is 11.7 Å². The van der Waals surface area contributed by atoms with Gasteiger partial charge in [-0.05, 0) is 55.3 Å². The van der Waals surface area contributed by atoms with Crippen LogP contribution in [0.4, 0.5) is 0 Å². The molecule has 0 aromatic heterocycles. The zero-order valence-corrected chi connectivity index (χ0v) is 12.1. The van der Waals surface area contributed by atoms with E-state index in [0.717, 1.165) is 11.1 Å². The van der Waals surface area contributed by atoms with Crippen LogP contribution in [-0.2, 0) is 0 Å². The Bertz CT molecular complexity index is 675. The molecular weight excluding hydrogens is 266 g/mol. The fourth-order valence-electron chi connectivity index (χ4n) is 1.86. The minimum absolute atomic E-state index is 0.0432. The van der Waals surface area contributed by atoms with Crippen LogP contribution in [0.1, 0.15) is 31.8 Å². The molecule has 0 spiro atoms. The maximum absolute atomic E-state index is 12.1. The summed E-state index contributed by atoms with van der Waals surface area (Å²) in [5.74, 6) is -0.0537. The monoisotopic (exact) mass is 283 g/mol. The molecule has 1 amide bonds. The molecule has 0 fully saturated rings. The Hall–Kier alpha value is -2.62. The lowest BCUT2D eigenvalue weighted by molar-refractivity contribution is 0.0920. The van der Waals surface area contributed by atoms with Crippen LogP contribution in [0.15, 0.2) is 42.5 Å². The number of ketones is 1. The maximum Gasteiger partial charge on any atom is 0.248 e. The van der Waals surface area contributed by atoms with Gasteiger partial charge in [0.1, 0.15) is 5.75 Å². The van der Waals surface area contributed by atoms with Crippen LogP contribution in [0.5, 0.6) is 5.75 Å². The summed E-state index contributed by atoms with van der Waals surface area (Å²) < 4.78 is 5.43. The average Bonchev–Trinajstić information content (AvgIpc) is 2.48. The molecule has 108 valence electrons. The van der Waals surface area contributed by atoms with E-state index in [1.807, 2.05) is 26.0 Å². The fourth-order valence-corrected chi connectivity index (χ4v) is 1.86. The number of rotatable bonds is 5. The van der Waals surface area contributed by atoms with Crippen LogP contribution in [0.2, 0.25) is 0 Å². The lowest BCUT2D eigenvalue weighted by atomic mass is 10.0. The first-order chi connectivity index (χ1) is 9.97. The minimum Gasteiger partial charge on any atom is -0.485 e. The number of hydrogen-bond acceptors (Lipinski definition) is 3. The Balaban J connectivity index is 2.00. The van der Waals surface area contributed by atoms with Gasteiger partial charge in [-0.15, -0.1) is 0 Å². The Morgan fingerprint density at radius 2 is 1.57 bits per heavy atom. The maximum atomic E-state index is 12.1. The third-order valence-corrected chi connectivity index (χ3v) is 3.34. The summed E-state index contributed by atoms with van der Waals surface area (Å²) in [7, 11) is 0. The smallest absolute Gasteiger partial charge is 0.248 e. The van der Waals surface area contributed by atoms with E-state index in [9.17, 15) is 9.59 Å². The SMILES string of the molecule is Cc1ccc(C(=O)COc2ccc(C(N)=O)cc2)cc1C. The Kier molecular flexibility index (Phi) is 4.38. The average molecular weight is 283 g/mol. The first-order valence-corrected chi connectivity index (χ1v) is 6.60. The van der Waals surface area contributed by atoms with Crippen molar-refractivity contribution in [3.05, 3.63) is 64.7 Å². The summed E-state index contributed by atoms with van der Waals surface area (Å²) in [6.07, 6.45) is 0. The largest absolute Gasteiger partial charge is 0.485 e. The van der Waals surface area contributed by atoms with Gasteiger partial charge in [0.2, 0.25) is 5.91 Å². The number of benzene rings is 2. The van der Waals surface area contributed by atoms with Crippen LogP contribution in [-0.4, -0.2) is 18.3 Å². The highest BCUT2D eigenvalue weighted by atomic mass is 16.5. The number of amides is 1. The van der Waals surface area contributed by atoms with Gasteiger partial charge < -0.3 is 10.5 Å². The second-order valence-electron chi connectivity index (χ2n) is 4.90. The van der Waals surface area contributed by atoms with Crippen LogP contribution in [0.25, 0.3) is 0 Å². The van der Waals surface area contributed by atoms with E-state index in [1.54, 1.807) is 30.3 Å². The van der Waals surface area contributed by atoms with Crippen LogP contribution >= 0.6 is 0 Å². The summed E-state index contributed by atoms with van der Waals surface area (Å²) in [6, 6.07) is 11.9. The first kappa shape index (κ1) is 14.8. The van der Waals surface area contributed by atoms with E-state index in [-0.39, 0.29) is 12.4 Å². The van der Waals surface area contributed by atoms with Crippen LogP contribution < -0.4 is 10.5 Å². The van der Waals surface area contributed by atoms with Crippen molar-refractivity contribution in [2.45, 2.75) is 13.8 Å². The number of carbonyl (C=O) groups is 2. The molecule has 0 aliphatic rings. The quantitative estimate of drug-likeness (QED) is 0.858. The number of primary amides is 1. The molecule has 0 bridgehead atoms. The molecule has 2 N–H and O–H groups in total. The van der Waals surface area contributed by atoms with Crippen molar-refractivity contribution in [1.82, 2.24) is 0 Å². The number of ether oxygens (including phenoxy) is 1. The molecule has 0 saturated heterocycles. The van der Waals surface area contributed by atoms with Gasteiger partial charge in [-0.25, -0.2) is 0 Å². The van der Waals surface area contributed by atoms with Crippen molar-refractivity contribution in [2.75, 3.05) is 6.61 Å². The van der Waals surface area contributed by atoms with E-state index in [1.165, 1.54) is 0 Å². The predicted octanol–water partition coefficient (Wildman–Crippen LogP) is 2.66. The highest BCUT2D eigenvalue weighted by molar-refractivity contribution is 5.97. The summed E-state index contributed by atoms with van der Waals surface area (Å²) in [6.45, 7) is 3.92. The summed E-state index contributed by atoms with van der Waals surface area (Å²) in [4.78, 5) is 23.0. The lowest BCUT2D eigenvalue weighted by Gasteiger charge is -2.07. The highest BCUT2D eigenvalue weighted by Gasteiger charge is 2.08. The number of aryl methyl sites for hydroxylation is 2. The predicted molar refractivity (Wildman–Crippen MR) is 80.7 cm³/mol. The third-order valence-electron chi connectivity index (χ3n) is 3.34. The molecule has 0 aliphatic carbocycles. The molecule has 0 unspecified atom stereocenters. The number of hydrogen-bond donors (Lipinski definition) is 1. The van der Waals surface area contributed by atoms with E-state index in [4.69, 9.17) is 10.5 Å². The number of carbonyl (C=O) groups excluding carboxylic acids is 2. The highest BCUT2D eigenvalue weighted by Crippen LogP contribution is 2.14. The zero-order chi connectivity index (χ0) is 15.4. The Labute approximate surface area is 123 Å². The standard InChI is InChI=1S/C17H17NO3/c1-11-3-4-14(9-12(11)2)16(19)10-21-15-7-5-13(6-8-15)17(18)20/h3-9H,10H2,1-2H3,(H2,18,20). The van der Waals surface area contributed by atoms with Gasteiger partial charge in [-0.1, -0.05) is 12.1 Å². The molecule has 0 atom stereocenters. The van der Waals surface area contributed by atoms with Crippen molar-refractivity contribution in [3.63, 3.8) is 0 Å².